The third-order valence-corrected chi connectivity index (χ3v) is 4.58. The zero-order chi connectivity index (χ0) is 15.5. The Kier molecular flexibility index (Phi) is 4.73. The molecule has 1 aromatic carbocycles. The Morgan fingerprint density at radius 3 is 2.86 bits per heavy atom. The third-order valence-electron chi connectivity index (χ3n) is 3.89. The maximum absolute atomic E-state index is 9.97. The molecule has 1 aromatic heterocycles. The molecule has 2 aromatic rings. The molecule has 0 unspecified atom stereocenters. The van der Waals surface area contributed by atoms with E-state index < -0.39 is 0 Å². The first kappa shape index (κ1) is 15.4. The Hall–Kier alpha value is -1.47. The van der Waals surface area contributed by atoms with Crippen molar-refractivity contribution < 1.29 is 5.11 Å². The minimum atomic E-state index is -0.00248. The van der Waals surface area contributed by atoms with E-state index in [1.54, 1.807) is 0 Å². The SMILES string of the molecule is Oc1[nH]c2ccc(Br)cc2c1N=NC(=S)NC1CCCCC1. The summed E-state index contributed by atoms with van der Waals surface area (Å²) in [7, 11) is 0. The van der Waals surface area contributed by atoms with E-state index in [-0.39, 0.29) is 5.88 Å². The van der Waals surface area contributed by atoms with Crippen LogP contribution in [0.5, 0.6) is 5.88 Å². The molecule has 3 rings (SSSR count). The number of H-pyrrole nitrogens is 1. The zero-order valence-electron chi connectivity index (χ0n) is 12.0. The van der Waals surface area contributed by atoms with Crippen molar-refractivity contribution >= 4 is 49.9 Å². The van der Waals surface area contributed by atoms with Gasteiger partial charge < -0.3 is 15.4 Å². The van der Waals surface area contributed by atoms with E-state index in [4.69, 9.17) is 12.2 Å². The molecule has 116 valence electrons. The van der Waals surface area contributed by atoms with Gasteiger partial charge in [-0.2, -0.15) is 0 Å². The van der Waals surface area contributed by atoms with Crippen molar-refractivity contribution in [3.05, 3.63) is 22.7 Å². The third kappa shape index (κ3) is 3.47. The van der Waals surface area contributed by atoms with Crippen LogP contribution in [-0.2, 0) is 0 Å². The number of thiocarbonyl (C=S) groups is 1. The number of hydrogen-bond donors (Lipinski definition) is 3. The minimum absolute atomic E-state index is 0.00248. The number of nitrogens with zero attached hydrogens (tertiary/aromatic N) is 2. The predicted octanol–water partition coefficient (Wildman–Crippen LogP) is 4.93. The lowest BCUT2D eigenvalue weighted by Gasteiger charge is -2.22. The molecule has 0 radical (unpaired) electrons. The Balaban J connectivity index is 1.75. The van der Waals surface area contributed by atoms with Crippen molar-refractivity contribution in [2.45, 2.75) is 38.1 Å². The fourth-order valence-corrected chi connectivity index (χ4v) is 3.35. The van der Waals surface area contributed by atoms with E-state index in [9.17, 15) is 5.11 Å². The van der Waals surface area contributed by atoms with Crippen LogP contribution in [0.1, 0.15) is 32.1 Å². The number of nitrogens with one attached hydrogen (secondary N) is 2. The lowest BCUT2D eigenvalue weighted by Crippen LogP contribution is -2.33. The second-order valence-corrected chi connectivity index (χ2v) is 6.80. The van der Waals surface area contributed by atoms with E-state index in [0.29, 0.717) is 16.8 Å². The monoisotopic (exact) mass is 380 g/mol. The Bertz CT molecular complexity index is 722. The van der Waals surface area contributed by atoms with Gasteiger partial charge in [0.1, 0.15) is 0 Å². The molecule has 7 heteroatoms. The van der Waals surface area contributed by atoms with Crippen molar-refractivity contribution in [2.75, 3.05) is 0 Å². The molecule has 1 heterocycles. The summed E-state index contributed by atoms with van der Waals surface area (Å²) in [6.45, 7) is 0. The Morgan fingerprint density at radius 2 is 2.09 bits per heavy atom. The van der Waals surface area contributed by atoms with Crippen molar-refractivity contribution in [1.29, 1.82) is 0 Å². The van der Waals surface area contributed by atoms with Gasteiger partial charge in [0.2, 0.25) is 11.0 Å². The molecule has 5 nitrogen and oxygen atoms in total. The molecular weight excluding hydrogens is 364 g/mol. The van der Waals surface area contributed by atoms with Crippen molar-refractivity contribution in [3.8, 4) is 5.88 Å². The first-order valence-electron chi connectivity index (χ1n) is 7.36. The van der Waals surface area contributed by atoms with Crippen LogP contribution in [0.25, 0.3) is 10.9 Å². The lowest BCUT2D eigenvalue weighted by molar-refractivity contribution is 0.414. The van der Waals surface area contributed by atoms with Gasteiger partial charge in [0.05, 0.1) is 5.52 Å². The van der Waals surface area contributed by atoms with Crippen molar-refractivity contribution in [2.24, 2.45) is 10.2 Å². The average Bonchev–Trinajstić information content (AvgIpc) is 2.81. The quantitative estimate of drug-likeness (QED) is 0.510. The lowest BCUT2D eigenvalue weighted by atomic mass is 9.96. The molecule has 1 saturated carbocycles. The van der Waals surface area contributed by atoms with Crippen LogP contribution in [-0.4, -0.2) is 21.2 Å². The maximum atomic E-state index is 9.97. The van der Waals surface area contributed by atoms with E-state index in [1.807, 2.05) is 18.2 Å². The van der Waals surface area contributed by atoms with Crippen molar-refractivity contribution in [1.82, 2.24) is 10.3 Å². The highest BCUT2D eigenvalue weighted by atomic mass is 79.9. The summed E-state index contributed by atoms with van der Waals surface area (Å²) in [4.78, 5) is 2.88. The standard InChI is InChI=1S/C15H17BrN4OS/c16-9-6-7-12-11(8-9)13(14(21)18-12)19-20-15(22)17-10-4-2-1-3-5-10/h6-8,10,18,21H,1-5H2,(H,17,22). The second kappa shape index (κ2) is 6.75. The van der Waals surface area contributed by atoms with Gasteiger partial charge >= 0.3 is 0 Å². The van der Waals surface area contributed by atoms with Crippen LogP contribution in [0, 0.1) is 0 Å². The number of aromatic hydroxyl groups is 1. The van der Waals surface area contributed by atoms with E-state index in [1.165, 1.54) is 19.3 Å². The molecule has 0 amide bonds. The molecule has 0 spiro atoms. The highest BCUT2D eigenvalue weighted by molar-refractivity contribution is 9.10. The first-order valence-corrected chi connectivity index (χ1v) is 8.56. The first-order chi connectivity index (χ1) is 10.6. The molecule has 22 heavy (non-hydrogen) atoms. The molecule has 0 bridgehead atoms. The molecule has 1 aliphatic rings. The molecule has 0 aliphatic heterocycles. The number of halogens is 1. The number of azo groups is 1. The maximum Gasteiger partial charge on any atom is 0.218 e. The zero-order valence-corrected chi connectivity index (χ0v) is 14.4. The Morgan fingerprint density at radius 1 is 1.32 bits per heavy atom. The van der Waals surface area contributed by atoms with Gasteiger partial charge in [-0.15, -0.1) is 10.2 Å². The summed E-state index contributed by atoms with van der Waals surface area (Å²) in [5, 5.41) is 22.5. The summed E-state index contributed by atoms with van der Waals surface area (Å²) in [5.74, 6) is -0.00248. The van der Waals surface area contributed by atoms with Crippen LogP contribution in [0.4, 0.5) is 5.69 Å². The number of benzene rings is 1. The molecule has 0 saturated heterocycles. The normalized spacial score (nSPS) is 16.4. The summed E-state index contributed by atoms with van der Waals surface area (Å²) in [5.41, 5.74) is 1.21. The Labute approximate surface area is 142 Å². The van der Waals surface area contributed by atoms with E-state index in [0.717, 1.165) is 28.2 Å². The summed E-state index contributed by atoms with van der Waals surface area (Å²) < 4.78 is 0.915. The summed E-state index contributed by atoms with van der Waals surface area (Å²) in [6.07, 6.45) is 6.01. The predicted molar refractivity (Wildman–Crippen MR) is 94.8 cm³/mol. The van der Waals surface area contributed by atoms with Crippen LogP contribution in [0.2, 0.25) is 0 Å². The van der Waals surface area contributed by atoms with Gasteiger partial charge in [0, 0.05) is 15.9 Å². The van der Waals surface area contributed by atoms with Gasteiger partial charge in [-0.3, -0.25) is 0 Å². The number of fused-ring (bicyclic) bond motifs is 1. The summed E-state index contributed by atoms with van der Waals surface area (Å²) >= 11 is 8.64. The molecule has 1 fully saturated rings. The van der Waals surface area contributed by atoms with Crippen LogP contribution in [0.15, 0.2) is 32.9 Å². The van der Waals surface area contributed by atoms with Crippen LogP contribution in [0.3, 0.4) is 0 Å². The number of aromatic amines is 1. The highest BCUT2D eigenvalue weighted by Gasteiger charge is 2.14. The smallest absolute Gasteiger partial charge is 0.218 e. The number of rotatable bonds is 2. The summed E-state index contributed by atoms with van der Waals surface area (Å²) in [6, 6.07) is 6.05. The highest BCUT2D eigenvalue weighted by Crippen LogP contribution is 2.36. The van der Waals surface area contributed by atoms with Gasteiger partial charge in [-0.05, 0) is 43.3 Å². The molecule has 1 aliphatic carbocycles. The molecule has 3 N–H and O–H groups in total. The van der Waals surface area contributed by atoms with Gasteiger partial charge in [-0.1, -0.05) is 35.2 Å². The topological polar surface area (TPSA) is 72.8 Å². The minimum Gasteiger partial charge on any atom is -0.493 e. The van der Waals surface area contributed by atoms with Crippen LogP contribution < -0.4 is 5.32 Å². The fourth-order valence-electron chi connectivity index (χ4n) is 2.78. The second-order valence-electron chi connectivity index (χ2n) is 5.50. The van der Waals surface area contributed by atoms with E-state index >= 15 is 0 Å². The largest absolute Gasteiger partial charge is 0.493 e. The van der Waals surface area contributed by atoms with Crippen LogP contribution >= 0.6 is 28.1 Å². The fraction of sp³-hybridized carbons (Fsp3) is 0.400. The van der Waals surface area contributed by atoms with E-state index in [2.05, 4.69) is 36.5 Å². The van der Waals surface area contributed by atoms with Gasteiger partial charge in [0.25, 0.3) is 0 Å². The molecule has 0 atom stereocenters. The van der Waals surface area contributed by atoms with Gasteiger partial charge in [-0.25, -0.2) is 0 Å². The molecular formula is C15H17BrN4OS. The average molecular weight is 381 g/mol. The number of aromatic nitrogens is 1. The number of hydrogen-bond acceptors (Lipinski definition) is 3. The van der Waals surface area contributed by atoms with Gasteiger partial charge in [0.15, 0.2) is 5.69 Å². The van der Waals surface area contributed by atoms with Crippen molar-refractivity contribution in [3.63, 3.8) is 0 Å².